The number of nitrogens with zero attached hydrogens (tertiary/aromatic N) is 4. The second-order valence-corrected chi connectivity index (χ2v) is 5.06. The van der Waals surface area contributed by atoms with Crippen molar-refractivity contribution in [1.29, 1.82) is 0 Å². The molecule has 1 unspecified atom stereocenters. The Labute approximate surface area is 109 Å². The van der Waals surface area contributed by atoms with Gasteiger partial charge in [-0.3, -0.25) is 4.90 Å². The van der Waals surface area contributed by atoms with E-state index < -0.39 is 0 Å². The van der Waals surface area contributed by atoms with Gasteiger partial charge in [0.1, 0.15) is 0 Å². The lowest BCUT2D eigenvalue weighted by Crippen LogP contribution is -2.51. The molecule has 1 aromatic rings. The fraction of sp³-hybridized carbons (Fsp3) is 0.692. The highest BCUT2D eigenvalue weighted by Crippen LogP contribution is 2.13. The second kappa shape index (κ2) is 5.63. The van der Waals surface area contributed by atoms with Crippen molar-refractivity contribution in [3.05, 3.63) is 17.5 Å². The summed E-state index contributed by atoms with van der Waals surface area (Å²) in [5, 5.41) is 0. The second-order valence-electron chi connectivity index (χ2n) is 5.06. The normalized spacial score (nSPS) is 19.0. The van der Waals surface area contributed by atoms with Gasteiger partial charge in [0.15, 0.2) is 0 Å². The van der Waals surface area contributed by atoms with Gasteiger partial charge >= 0.3 is 0 Å². The Balaban J connectivity index is 2.01. The maximum Gasteiger partial charge on any atom is 0.225 e. The molecular formula is C13H23N5. The lowest BCUT2D eigenvalue weighted by atomic mass is 10.2. The van der Waals surface area contributed by atoms with E-state index in [0.717, 1.165) is 50.1 Å². The molecule has 0 saturated carbocycles. The Hall–Kier alpha value is -1.20. The van der Waals surface area contributed by atoms with Gasteiger partial charge in [-0.1, -0.05) is 0 Å². The maximum absolute atomic E-state index is 5.71. The van der Waals surface area contributed by atoms with Gasteiger partial charge in [0, 0.05) is 50.2 Å². The van der Waals surface area contributed by atoms with E-state index in [2.05, 4.69) is 26.7 Å². The van der Waals surface area contributed by atoms with Crippen LogP contribution in [0.5, 0.6) is 0 Å². The van der Waals surface area contributed by atoms with Crippen LogP contribution >= 0.6 is 0 Å². The van der Waals surface area contributed by atoms with E-state index in [1.165, 1.54) is 0 Å². The van der Waals surface area contributed by atoms with Crippen molar-refractivity contribution in [3.63, 3.8) is 0 Å². The van der Waals surface area contributed by atoms with Crippen LogP contribution in [-0.4, -0.2) is 53.6 Å². The molecule has 1 aliphatic heterocycles. The van der Waals surface area contributed by atoms with Gasteiger partial charge in [0.25, 0.3) is 0 Å². The lowest BCUT2D eigenvalue weighted by molar-refractivity contribution is 0.200. The minimum atomic E-state index is 0.465. The fourth-order valence-electron chi connectivity index (χ4n) is 2.36. The van der Waals surface area contributed by atoms with Crippen molar-refractivity contribution >= 4 is 5.95 Å². The highest BCUT2D eigenvalue weighted by Gasteiger charge is 2.21. The van der Waals surface area contributed by atoms with Crippen LogP contribution in [-0.2, 0) is 0 Å². The molecule has 18 heavy (non-hydrogen) atoms. The van der Waals surface area contributed by atoms with E-state index in [9.17, 15) is 0 Å². The van der Waals surface area contributed by atoms with Crippen molar-refractivity contribution < 1.29 is 0 Å². The molecule has 5 nitrogen and oxygen atoms in total. The molecule has 2 rings (SSSR count). The molecule has 1 aromatic heterocycles. The summed E-state index contributed by atoms with van der Waals surface area (Å²) in [5.41, 5.74) is 7.78. The Morgan fingerprint density at radius 2 is 1.72 bits per heavy atom. The van der Waals surface area contributed by atoms with E-state index in [-0.39, 0.29) is 0 Å². The largest absolute Gasteiger partial charge is 0.338 e. The van der Waals surface area contributed by atoms with Crippen molar-refractivity contribution in [2.75, 3.05) is 37.6 Å². The molecule has 1 atom stereocenters. The van der Waals surface area contributed by atoms with Crippen molar-refractivity contribution in [1.82, 2.24) is 14.9 Å². The van der Waals surface area contributed by atoms with Gasteiger partial charge in [-0.25, -0.2) is 9.97 Å². The summed E-state index contributed by atoms with van der Waals surface area (Å²) in [6, 6.07) is 2.48. The van der Waals surface area contributed by atoms with Gasteiger partial charge in [-0.05, 0) is 26.8 Å². The zero-order chi connectivity index (χ0) is 13.1. The average Bonchev–Trinajstić information content (AvgIpc) is 2.37. The van der Waals surface area contributed by atoms with Gasteiger partial charge in [0.05, 0.1) is 0 Å². The van der Waals surface area contributed by atoms with Crippen molar-refractivity contribution in [3.8, 4) is 0 Å². The SMILES string of the molecule is Cc1cc(C)nc(N2CCN(C(C)CN)CC2)n1. The molecule has 2 heterocycles. The summed E-state index contributed by atoms with van der Waals surface area (Å²) in [6.07, 6.45) is 0. The molecule has 0 amide bonds. The monoisotopic (exact) mass is 249 g/mol. The summed E-state index contributed by atoms with van der Waals surface area (Å²) in [6.45, 7) is 11.0. The van der Waals surface area contributed by atoms with Crippen LogP contribution in [0.4, 0.5) is 5.95 Å². The number of rotatable bonds is 3. The zero-order valence-electron chi connectivity index (χ0n) is 11.6. The van der Waals surface area contributed by atoms with Gasteiger partial charge < -0.3 is 10.6 Å². The topological polar surface area (TPSA) is 58.3 Å². The quantitative estimate of drug-likeness (QED) is 0.848. The Morgan fingerprint density at radius 3 is 2.22 bits per heavy atom. The maximum atomic E-state index is 5.71. The molecule has 0 bridgehead atoms. The molecule has 1 fully saturated rings. The highest BCUT2D eigenvalue weighted by atomic mass is 15.3. The van der Waals surface area contributed by atoms with E-state index in [1.807, 2.05) is 19.9 Å². The summed E-state index contributed by atoms with van der Waals surface area (Å²) < 4.78 is 0. The first-order valence-corrected chi connectivity index (χ1v) is 6.61. The molecule has 0 aliphatic carbocycles. The highest BCUT2D eigenvalue weighted by molar-refractivity contribution is 5.32. The van der Waals surface area contributed by atoms with E-state index in [4.69, 9.17) is 5.73 Å². The Kier molecular flexibility index (Phi) is 4.14. The van der Waals surface area contributed by atoms with E-state index in [0.29, 0.717) is 6.04 Å². The lowest BCUT2D eigenvalue weighted by Gasteiger charge is -2.37. The van der Waals surface area contributed by atoms with Gasteiger partial charge in [-0.2, -0.15) is 0 Å². The summed E-state index contributed by atoms with van der Waals surface area (Å²) in [7, 11) is 0. The molecule has 0 radical (unpaired) electrons. The number of aryl methyl sites for hydroxylation is 2. The molecule has 100 valence electrons. The van der Waals surface area contributed by atoms with E-state index >= 15 is 0 Å². The molecule has 0 spiro atoms. The third kappa shape index (κ3) is 2.97. The summed E-state index contributed by atoms with van der Waals surface area (Å²) in [5.74, 6) is 0.868. The van der Waals surface area contributed by atoms with Gasteiger partial charge in [0.2, 0.25) is 5.95 Å². The van der Waals surface area contributed by atoms with Crippen LogP contribution < -0.4 is 10.6 Å². The standard InChI is InChI=1S/C13H23N5/c1-10-8-11(2)16-13(15-10)18-6-4-17(5-7-18)12(3)9-14/h8,12H,4-7,9,14H2,1-3H3. The number of piperazine rings is 1. The van der Waals surface area contributed by atoms with Crippen LogP contribution in [0, 0.1) is 13.8 Å². The van der Waals surface area contributed by atoms with Crippen LogP contribution in [0.2, 0.25) is 0 Å². The molecular weight excluding hydrogens is 226 g/mol. The predicted molar refractivity (Wildman–Crippen MR) is 73.8 cm³/mol. The van der Waals surface area contributed by atoms with Crippen LogP contribution in [0.15, 0.2) is 6.07 Å². The predicted octanol–water partition coefficient (Wildman–Crippen LogP) is 0.563. The Morgan fingerprint density at radius 1 is 1.17 bits per heavy atom. The number of hydrogen-bond acceptors (Lipinski definition) is 5. The first kappa shape index (κ1) is 13.2. The minimum absolute atomic E-state index is 0.465. The Bertz CT molecular complexity index is 378. The molecule has 2 N–H and O–H groups in total. The number of anilines is 1. The molecule has 1 aliphatic rings. The van der Waals surface area contributed by atoms with Crippen LogP contribution in [0.25, 0.3) is 0 Å². The minimum Gasteiger partial charge on any atom is -0.338 e. The smallest absolute Gasteiger partial charge is 0.225 e. The van der Waals surface area contributed by atoms with E-state index in [1.54, 1.807) is 0 Å². The number of nitrogens with two attached hydrogens (primary N) is 1. The zero-order valence-corrected chi connectivity index (χ0v) is 11.6. The number of hydrogen-bond donors (Lipinski definition) is 1. The van der Waals surface area contributed by atoms with Crippen molar-refractivity contribution in [2.45, 2.75) is 26.8 Å². The van der Waals surface area contributed by atoms with Gasteiger partial charge in [-0.15, -0.1) is 0 Å². The van der Waals surface area contributed by atoms with Crippen LogP contribution in [0.3, 0.4) is 0 Å². The fourth-order valence-corrected chi connectivity index (χ4v) is 2.36. The number of aromatic nitrogens is 2. The molecule has 5 heteroatoms. The third-order valence-electron chi connectivity index (χ3n) is 3.53. The average molecular weight is 249 g/mol. The summed E-state index contributed by atoms with van der Waals surface area (Å²) in [4.78, 5) is 13.7. The first-order chi connectivity index (χ1) is 8.60. The molecule has 1 saturated heterocycles. The third-order valence-corrected chi connectivity index (χ3v) is 3.53. The van der Waals surface area contributed by atoms with Crippen molar-refractivity contribution in [2.24, 2.45) is 5.73 Å². The molecule has 0 aromatic carbocycles. The first-order valence-electron chi connectivity index (χ1n) is 6.61. The van der Waals surface area contributed by atoms with Crippen LogP contribution in [0.1, 0.15) is 18.3 Å². The summed E-state index contributed by atoms with van der Waals surface area (Å²) >= 11 is 0.